The summed E-state index contributed by atoms with van der Waals surface area (Å²) >= 11 is 0. The van der Waals surface area contributed by atoms with Gasteiger partial charge in [0.1, 0.15) is 0 Å². The molecule has 0 aromatic heterocycles. The Bertz CT molecular complexity index is 379. The second-order valence-corrected chi connectivity index (χ2v) is 7.15. The van der Waals surface area contributed by atoms with Crippen molar-refractivity contribution >= 4 is 11.8 Å². The van der Waals surface area contributed by atoms with Crippen molar-refractivity contribution in [1.29, 1.82) is 0 Å². The molecule has 2 amide bonds. The van der Waals surface area contributed by atoms with Crippen LogP contribution in [-0.4, -0.2) is 23.3 Å². The van der Waals surface area contributed by atoms with Crippen molar-refractivity contribution in [2.24, 2.45) is 23.2 Å². The molecule has 98 valence electrons. The Balaban J connectivity index is 1.63. The van der Waals surface area contributed by atoms with Gasteiger partial charge in [-0.2, -0.15) is 0 Å². The monoisotopic (exact) mass is 247 g/mol. The molecular weight excluding hydrogens is 226 g/mol. The van der Waals surface area contributed by atoms with Gasteiger partial charge in [-0.3, -0.25) is 14.5 Å². The first-order valence-corrected chi connectivity index (χ1v) is 7.51. The van der Waals surface area contributed by atoms with E-state index in [0.29, 0.717) is 13.0 Å². The number of rotatable bonds is 1. The molecule has 3 nitrogen and oxygen atoms in total. The maximum absolute atomic E-state index is 12.8. The van der Waals surface area contributed by atoms with Crippen LogP contribution in [0.4, 0.5) is 0 Å². The smallest absolute Gasteiger partial charge is 0.235 e. The van der Waals surface area contributed by atoms with Gasteiger partial charge in [0, 0.05) is 13.0 Å². The number of hydrogen-bond donors (Lipinski definition) is 0. The van der Waals surface area contributed by atoms with E-state index in [9.17, 15) is 9.59 Å². The molecule has 1 aliphatic heterocycles. The van der Waals surface area contributed by atoms with Crippen LogP contribution in [0, 0.1) is 23.2 Å². The molecule has 3 heteroatoms. The number of hydrogen-bond acceptors (Lipinski definition) is 2. The van der Waals surface area contributed by atoms with Gasteiger partial charge in [-0.1, -0.05) is 0 Å². The predicted molar refractivity (Wildman–Crippen MR) is 66.6 cm³/mol. The highest BCUT2D eigenvalue weighted by molar-refractivity contribution is 5.99. The molecule has 1 heterocycles. The van der Waals surface area contributed by atoms with Crippen molar-refractivity contribution in [1.82, 2.24) is 4.90 Å². The van der Waals surface area contributed by atoms with Crippen LogP contribution in [0.25, 0.3) is 0 Å². The summed E-state index contributed by atoms with van der Waals surface area (Å²) in [5, 5.41) is 0. The van der Waals surface area contributed by atoms with Crippen LogP contribution in [0.5, 0.6) is 0 Å². The quantitative estimate of drug-likeness (QED) is 0.667. The Morgan fingerprint density at radius 3 is 2.06 bits per heavy atom. The van der Waals surface area contributed by atoms with Crippen LogP contribution in [0.3, 0.4) is 0 Å². The lowest BCUT2D eigenvalue weighted by molar-refractivity contribution is -0.161. The van der Waals surface area contributed by atoms with E-state index in [4.69, 9.17) is 0 Å². The third kappa shape index (κ3) is 1.42. The maximum Gasteiger partial charge on any atom is 0.235 e. The highest BCUT2D eigenvalue weighted by Crippen LogP contribution is 2.60. The van der Waals surface area contributed by atoms with Crippen LogP contribution in [0.2, 0.25) is 0 Å². The zero-order chi connectivity index (χ0) is 12.3. The largest absolute Gasteiger partial charge is 0.282 e. The molecule has 18 heavy (non-hydrogen) atoms. The number of amides is 2. The molecule has 1 saturated heterocycles. The van der Waals surface area contributed by atoms with Crippen LogP contribution < -0.4 is 0 Å². The Morgan fingerprint density at radius 1 is 1.06 bits per heavy atom. The topological polar surface area (TPSA) is 37.4 Å². The van der Waals surface area contributed by atoms with Crippen molar-refractivity contribution in [3.05, 3.63) is 0 Å². The highest BCUT2D eigenvalue weighted by Gasteiger charge is 2.56. The molecule has 4 aliphatic carbocycles. The average Bonchev–Trinajstić information content (AvgIpc) is 2.72. The number of nitrogens with zero attached hydrogens (tertiary/aromatic N) is 1. The molecule has 0 radical (unpaired) electrons. The van der Waals surface area contributed by atoms with Crippen molar-refractivity contribution in [2.45, 2.75) is 51.4 Å². The zero-order valence-corrected chi connectivity index (χ0v) is 10.9. The van der Waals surface area contributed by atoms with Crippen molar-refractivity contribution < 1.29 is 9.59 Å². The first-order chi connectivity index (χ1) is 8.66. The standard InChI is InChI=1S/C15H21NO2/c17-13-2-1-3-16(13)14(18)15-7-10-4-11(8-15)6-12(5-10)9-15/h10-12H,1-9H2. The highest BCUT2D eigenvalue weighted by atomic mass is 16.2. The lowest BCUT2D eigenvalue weighted by atomic mass is 9.49. The minimum absolute atomic E-state index is 0.0794. The van der Waals surface area contributed by atoms with Gasteiger partial charge >= 0.3 is 0 Å². The summed E-state index contributed by atoms with van der Waals surface area (Å²) in [7, 11) is 0. The molecule has 5 aliphatic rings. The first-order valence-electron chi connectivity index (χ1n) is 7.51. The summed E-state index contributed by atoms with van der Waals surface area (Å²) in [4.78, 5) is 26.2. The summed E-state index contributed by atoms with van der Waals surface area (Å²) in [6, 6.07) is 0. The van der Waals surface area contributed by atoms with Crippen molar-refractivity contribution in [3.63, 3.8) is 0 Å². The summed E-state index contributed by atoms with van der Waals surface area (Å²) in [6.45, 7) is 0.680. The maximum atomic E-state index is 12.8. The fraction of sp³-hybridized carbons (Fsp3) is 0.867. The first kappa shape index (κ1) is 11.0. The van der Waals surface area contributed by atoms with Gasteiger partial charge in [0.2, 0.25) is 11.8 Å². The van der Waals surface area contributed by atoms with Gasteiger partial charge in [0.05, 0.1) is 5.41 Å². The fourth-order valence-corrected chi connectivity index (χ4v) is 5.52. The molecule has 5 rings (SSSR count). The molecule has 0 N–H and O–H groups in total. The van der Waals surface area contributed by atoms with E-state index in [1.807, 2.05) is 0 Å². The van der Waals surface area contributed by atoms with E-state index in [1.165, 1.54) is 19.3 Å². The van der Waals surface area contributed by atoms with Gasteiger partial charge in [0.25, 0.3) is 0 Å². The van der Waals surface area contributed by atoms with E-state index >= 15 is 0 Å². The third-order valence-electron chi connectivity index (χ3n) is 5.81. The van der Waals surface area contributed by atoms with Crippen molar-refractivity contribution in [2.75, 3.05) is 6.54 Å². The van der Waals surface area contributed by atoms with E-state index in [2.05, 4.69) is 0 Å². The summed E-state index contributed by atoms with van der Waals surface area (Å²) in [5.74, 6) is 2.61. The fourth-order valence-electron chi connectivity index (χ4n) is 5.52. The number of imide groups is 1. The van der Waals surface area contributed by atoms with Crippen LogP contribution >= 0.6 is 0 Å². The van der Waals surface area contributed by atoms with Gasteiger partial charge < -0.3 is 0 Å². The number of carbonyl (C=O) groups is 2. The van der Waals surface area contributed by atoms with E-state index in [0.717, 1.165) is 43.4 Å². The lowest BCUT2D eigenvalue weighted by Crippen LogP contribution is -2.54. The molecule has 5 fully saturated rings. The van der Waals surface area contributed by atoms with E-state index in [-0.39, 0.29) is 17.2 Å². The second-order valence-electron chi connectivity index (χ2n) is 7.15. The number of carbonyl (C=O) groups excluding carboxylic acids is 2. The minimum Gasteiger partial charge on any atom is -0.282 e. The molecule has 0 aromatic carbocycles. The molecule has 0 atom stereocenters. The predicted octanol–water partition coefficient (Wildman–Crippen LogP) is 2.35. The van der Waals surface area contributed by atoms with Crippen LogP contribution in [0.15, 0.2) is 0 Å². The zero-order valence-electron chi connectivity index (χ0n) is 10.9. The molecular formula is C15H21NO2. The van der Waals surface area contributed by atoms with E-state index < -0.39 is 0 Å². The Labute approximate surface area is 108 Å². The second kappa shape index (κ2) is 3.58. The lowest BCUT2D eigenvalue weighted by Gasteiger charge is -2.56. The Morgan fingerprint density at radius 2 is 1.61 bits per heavy atom. The molecule has 0 unspecified atom stereocenters. The third-order valence-corrected chi connectivity index (χ3v) is 5.81. The normalized spacial score (nSPS) is 45.9. The minimum atomic E-state index is -0.130. The van der Waals surface area contributed by atoms with Gasteiger partial charge in [-0.25, -0.2) is 0 Å². The van der Waals surface area contributed by atoms with Crippen LogP contribution in [-0.2, 0) is 9.59 Å². The molecule has 0 spiro atoms. The summed E-state index contributed by atoms with van der Waals surface area (Å²) in [6.07, 6.45) is 8.71. The number of likely N-dealkylation sites (tertiary alicyclic amines) is 1. The SMILES string of the molecule is O=C1CCCN1C(=O)C12CC3CC(CC(C3)C1)C2. The van der Waals surface area contributed by atoms with Gasteiger partial charge in [-0.15, -0.1) is 0 Å². The van der Waals surface area contributed by atoms with Crippen LogP contribution in [0.1, 0.15) is 51.4 Å². The van der Waals surface area contributed by atoms with Gasteiger partial charge in [-0.05, 0) is 62.7 Å². The van der Waals surface area contributed by atoms with Crippen molar-refractivity contribution in [3.8, 4) is 0 Å². The van der Waals surface area contributed by atoms with E-state index in [1.54, 1.807) is 4.90 Å². The van der Waals surface area contributed by atoms with Gasteiger partial charge in [0.15, 0.2) is 0 Å². The molecule has 0 aromatic rings. The summed E-state index contributed by atoms with van der Waals surface area (Å²) < 4.78 is 0. The Hall–Kier alpha value is -0.860. The molecule has 4 saturated carbocycles. The summed E-state index contributed by atoms with van der Waals surface area (Å²) in [5.41, 5.74) is -0.130. The molecule has 4 bridgehead atoms. The Kier molecular flexibility index (Phi) is 2.19. The average molecular weight is 247 g/mol.